The lowest BCUT2D eigenvalue weighted by molar-refractivity contribution is -0.139. The van der Waals surface area contributed by atoms with Gasteiger partial charge in [0.2, 0.25) is 11.1 Å². The molecule has 1 atom stereocenters. The van der Waals surface area contributed by atoms with Crippen LogP contribution in [0.3, 0.4) is 0 Å². The van der Waals surface area contributed by atoms with Crippen LogP contribution in [0.25, 0.3) is 0 Å². The highest BCUT2D eigenvalue weighted by Gasteiger charge is 2.35. The lowest BCUT2D eigenvalue weighted by atomic mass is 9.96. The topological polar surface area (TPSA) is 78.3 Å². The first-order chi connectivity index (χ1) is 16.0. The SMILES string of the molecule is CCCOC(=O)C1=C(C)Nc2nc(SCc3ccccc3Cl)nn2C1c1ccc(OC)cc1. The number of hydrogen-bond donors (Lipinski definition) is 1. The second kappa shape index (κ2) is 10.3. The van der Waals surface area contributed by atoms with Gasteiger partial charge in [0.25, 0.3) is 0 Å². The average Bonchev–Trinajstić information content (AvgIpc) is 3.23. The van der Waals surface area contributed by atoms with Crippen molar-refractivity contribution in [3.63, 3.8) is 0 Å². The molecule has 0 radical (unpaired) electrons. The third-order valence-corrected chi connectivity index (χ3v) is 6.49. The van der Waals surface area contributed by atoms with Gasteiger partial charge in [-0.05, 0) is 42.7 Å². The van der Waals surface area contributed by atoms with Crippen LogP contribution >= 0.6 is 23.4 Å². The summed E-state index contributed by atoms with van der Waals surface area (Å²) in [6.45, 7) is 4.18. The molecule has 0 aliphatic carbocycles. The van der Waals surface area contributed by atoms with E-state index in [-0.39, 0.29) is 5.97 Å². The van der Waals surface area contributed by atoms with Crippen LogP contribution in [0.4, 0.5) is 5.95 Å². The number of fused-ring (bicyclic) bond motifs is 1. The molecule has 0 bridgehead atoms. The molecule has 0 fully saturated rings. The number of methoxy groups -OCH3 is 1. The smallest absolute Gasteiger partial charge is 0.338 e. The number of carbonyl (C=O) groups excluding carboxylic acids is 1. The molecule has 1 N–H and O–H groups in total. The van der Waals surface area contributed by atoms with Crippen molar-refractivity contribution in [3.05, 3.63) is 76.0 Å². The molecule has 2 heterocycles. The van der Waals surface area contributed by atoms with Crippen LogP contribution in [-0.2, 0) is 15.3 Å². The van der Waals surface area contributed by atoms with Crippen molar-refractivity contribution in [3.8, 4) is 5.75 Å². The van der Waals surface area contributed by atoms with Crippen LogP contribution in [0.2, 0.25) is 5.02 Å². The van der Waals surface area contributed by atoms with Crippen molar-refractivity contribution >= 4 is 35.3 Å². The predicted molar refractivity (Wildman–Crippen MR) is 130 cm³/mol. The van der Waals surface area contributed by atoms with Crippen LogP contribution in [0.5, 0.6) is 5.75 Å². The van der Waals surface area contributed by atoms with E-state index in [2.05, 4.69) is 10.3 Å². The van der Waals surface area contributed by atoms with E-state index in [0.29, 0.717) is 39.8 Å². The number of thioether (sulfide) groups is 1. The summed E-state index contributed by atoms with van der Waals surface area (Å²) in [5, 5.41) is 9.26. The summed E-state index contributed by atoms with van der Waals surface area (Å²) in [6.07, 6.45) is 0.746. The Hall–Kier alpha value is -2.97. The second-order valence-electron chi connectivity index (χ2n) is 7.52. The van der Waals surface area contributed by atoms with E-state index in [4.69, 9.17) is 26.2 Å². The maximum Gasteiger partial charge on any atom is 0.338 e. The van der Waals surface area contributed by atoms with Gasteiger partial charge in [-0.3, -0.25) is 0 Å². The van der Waals surface area contributed by atoms with E-state index >= 15 is 0 Å². The number of rotatable bonds is 8. The quantitative estimate of drug-likeness (QED) is 0.335. The van der Waals surface area contributed by atoms with Crippen molar-refractivity contribution in [2.24, 2.45) is 0 Å². The van der Waals surface area contributed by atoms with Gasteiger partial charge in [0.05, 0.1) is 19.3 Å². The molecule has 4 rings (SSSR count). The maximum absolute atomic E-state index is 13.0. The number of ether oxygens (including phenoxy) is 2. The molecule has 0 amide bonds. The molecular weight excluding hydrogens is 460 g/mol. The Morgan fingerprint density at radius 3 is 2.67 bits per heavy atom. The van der Waals surface area contributed by atoms with Gasteiger partial charge in [-0.1, -0.05) is 60.6 Å². The lowest BCUT2D eigenvalue weighted by Crippen LogP contribution is -2.29. The molecule has 1 unspecified atom stereocenters. The molecule has 0 spiro atoms. The minimum absolute atomic E-state index is 0.355. The molecule has 7 nitrogen and oxygen atoms in total. The fourth-order valence-electron chi connectivity index (χ4n) is 3.58. The summed E-state index contributed by atoms with van der Waals surface area (Å²) < 4.78 is 12.5. The van der Waals surface area contributed by atoms with Crippen molar-refractivity contribution in [2.45, 2.75) is 37.2 Å². The molecule has 0 saturated carbocycles. The summed E-state index contributed by atoms with van der Waals surface area (Å²) in [4.78, 5) is 17.7. The monoisotopic (exact) mass is 484 g/mol. The van der Waals surface area contributed by atoms with Gasteiger partial charge >= 0.3 is 5.97 Å². The van der Waals surface area contributed by atoms with Crippen LogP contribution < -0.4 is 10.1 Å². The molecule has 1 aromatic heterocycles. The molecule has 172 valence electrons. The van der Waals surface area contributed by atoms with Crippen LogP contribution in [0.1, 0.15) is 37.4 Å². The van der Waals surface area contributed by atoms with Crippen molar-refractivity contribution in [1.82, 2.24) is 14.8 Å². The van der Waals surface area contributed by atoms with Crippen molar-refractivity contribution in [1.29, 1.82) is 0 Å². The Kier molecular flexibility index (Phi) is 7.25. The third kappa shape index (κ3) is 5.02. The molecule has 9 heteroatoms. The normalized spacial score (nSPS) is 15.1. The maximum atomic E-state index is 13.0. The minimum Gasteiger partial charge on any atom is -0.497 e. The number of allylic oxidation sites excluding steroid dienone is 1. The number of halogens is 1. The van der Waals surface area contributed by atoms with Gasteiger partial charge in [0, 0.05) is 16.5 Å². The molecule has 2 aromatic carbocycles. The Morgan fingerprint density at radius 1 is 1.21 bits per heavy atom. The van der Waals surface area contributed by atoms with Crippen LogP contribution in [0.15, 0.2) is 65.0 Å². The molecule has 1 aliphatic heterocycles. The Morgan fingerprint density at radius 2 is 1.97 bits per heavy atom. The highest BCUT2D eigenvalue weighted by molar-refractivity contribution is 7.98. The average molecular weight is 485 g/mol. The number of benzene rings is 2. The van der Waals surface area contributed by atoms with E-state index in [1.54, 1.807) is 11.8 Å². The van der Waals surface area contributed by atoms with E-state index in [1.165, 1.54) is 11.8 Å². The number of esters is 1. The first-order valence-corrected chi connectivity index (χ1v) is 12.0. The third-order valence-electron chi connectivity index (χ3n) is 5.24. The van der Waals surface area contributed by atoms with Gasteiger partial charge in [-0.25, -0.2) is 9.48 Å². The summed E-state index contributed by atoms with van der Waals surface area (Å²) in [7, 11) is 1.62. The summed E-state index contributed by atoms with van der Waals surface area (Å²) >= 11 is 7.78. The van der Waals surface area contributed by atoms with Crippen LogP contribution in [0, 0.1) is 0 Å². The Bertz CT molecular complexity index is 1180. The highest BCUT2D eigenvalue weighted by atomic mass is 35.5. The van der Waals surface area contributed by atoms with E-state index in [0.717, 1.165) is 23.3 Å². The lowest BCUT2D eigenvalue weighted by Gasteiger charge is -2.28. The number of hydrogen-bond acceptors (Lipinski definition) is 7. The highest BCUT2D eigenvalue weighted by Crippen LogP contribution is 2.37. The van der Waals surface area contributed by atoms with Crippen LogP contribution in [-0.4, -0.2) is 34.5 Å². The standard InChI is InChI=1S/C24H25ClN4O3S/c1-4-13-32-22(30)20-15(2)26-23-27-24(33-14-17-7-5-6-8-19(17)25)28-29(23)21(20)16-9-11-18(31-3)12-10-16/h5-12,21H,4,13-14H2,1-3H3,(H,26,27,28). The molecule has 1 aliphatic rings. The van der Waals surface area contributed by atoms with E-state index in [9.17, 15) is 4.79 Å². The zero-order valence-corrected chi connectivity index (χ0v) is 20.2. The van der Waals surface area contributed by atoms with Crippen molar-refractivity contribution in [2.75, 3.05) is 19.0 Å². The molecular formula is C24H25ClN4O3S. The zero-order chi connectivity index (χ0) is 23.4. The van der Waals surface area contributed by atoms with Gasteiger partial charge in [-0.15, -0.1) is 5.10 Å². The number of nitrogens with zero attached hydrogens (tertiary/aromatic N) is 3. The van der Waals surface area contributed by atoms with Gasteiger partial charge in [0.15, 0.2) is 0 Å². The molecule has 33 heavy (non-hydrogen) atoms. The first kappa shape index (κ1) is 23.2. The van der Waals surface area contributed by atoms with Gasteiger partial charge in [0.1, 0.15) is 11.8 Å². The zero-order valence-electron chi connectivity index (χ0n) is 18.7. The first-order valence-electron chi connectivity index (χ1n) is 10.6. The largest absolute Gasteiger partial charge is 0.497 e. The molecule has 3 aromatic rings. The molecule has 0 saturated heterocycles. The Labute approximate surface area is 202 Å². The summed E-state index contributed by atoms with van der Waals surface area (Å²) in [5.74, 6) is 1.57. The predicted octanol–water partition coefficient (Wildman–Crippen LogP) is 5.47. The fraction of sp³-hybridized carbons (Fsp3) is 0.292. The van der Waals surface area contributed by atoms with E-state index < -0.39 is 6.04 Å². The Balaban J connectivity index is 1.68. The number of nitrogens with one attached hydrogen (secondary N) is 1. The second-order valence-corrected chi connectivity index (χ2v) is 8.87. The number of carbonyl (C=O) groups is 1. The van der Waals surface area contributed by atoms with E-state index in [1.807, 2.05) is 62.4 Å². The van der Waals surface area contributed by atoms with Crippen molar-refractivity contribution < 1.29 is 14.3 Å². The number of aromatic nitrogens is 3. The number of anilines is 1. The fourth-order valence-corrected chi connectivity index (χ4v) is 4.70. The van der Waals surface area contributed by atoms with Gasteiger partial charge < -0.3 is 14.8 Å². The van der Waals surface area contributed by atoms with Gasteiger partial charge in [-0.2, -0.15) is 4.98 Å². The minimum atomic E-state index is -0.473. The summed E-state index contributed by atoms with van der Waals surface area (Å²) in [6, 6.07) is 14.8. The summed E-state index contributed by atoms with van der Waals surface area (Å²) in [5.41, 5.74) is 3.09.